The molecule has 4 unspecified atom stereocenters. The lowest BCUT2D eigenvalue weighted by Gasteiger charge is -2.33. The number of likely N-dealkylation sites (tertiary alicyclic amines) is 2. The normalized spacial score (nSPS) is 22.6. The molecule has 2 aliphatic heterocycles. The number of ether oxygens (including phenoxy) is 1. The molecule has 0 saturated carbocycles. The minimum absolute atomic E-state index is 0.0883. The van der Waals surface area contributed by atoms with Crippen LogP contribution in [0.1, 0.15) is 33.6 Å². The lowest BCUT2D eigenvalue weighted by Crippen LogP contribution is -2.51. The number of anilines is 2. The van der Waals surface area contributed by atoms with Gasteiger partial charge < -0.3 is 30.5 Å². The Kier molecular flexibility index (Phi) is 10.6. The van der Waals surface area contributed by atoms with Crippen molar-refractivity contribution in [3.05, 3.63) is 52.4 Å². The Morgan fingerprint density at radius 1 is 1.02 bits per heavy atom. The first kappa shape index (κ1) is 33.8. The fourth-order valence-corrected chi connectivity index (χ4v) is 7.06. The highest BCUT2D eigenvalue weighted by molar-refractivity contribution is 7.20. The molecule has 13 heteroatoms. The molecule has 248 valence electrons. The number of piperidine rings is 2. The van der Waals surface area contributed by atoms with Gasteiger partial charge >= 0.3 is 6.18 Å². The van der Waals surface area contributed by atoms with Crippen molar-refractivity contribution in [2.75, 3.05) is 64.6 Å². The summed E-state index contributed by atoms with van der Waals surface area (Å²) in [5.74, 6) is 5.79. The van der Waals surface area contributed by atoms with Gasteiger partial charge in [0.05, 0.1) is 53.1 Å². The van der Waals surface area contributed by atoms with E-state index in [4.69, 9.17) is 4.74 Å². The zero-order valence-corrected chi connectivity index (χ0v) is 26.8. The number of nitrogens with one attached hydrogen (secondary N) is 3. The maximum absolute atomic E-state index is 14.8. The highest BCUT2D eigenvalue weighted by atomic mass is 32.1. The lowest BCUT2D eigenvalue weighted by molar-refractivity contribution is -0.126. The molecule has 0 radical (unpaired) electrons. The molecule has 3 N–H and O–H groups in total. The summed E-state index contributed by atoms with van der Waals surface area (Å²) in [6, 6.07) is 8.86. The first-order valence-electron chi connectivity index (χ1n) is 15.2. The number of carbonyl (C=O) groups is 1. The van der Waals surface area contributed by atoms with Gasteiger partial charge in [0, 0.05) is 31.7 Å². The summed E-state index contributed by atoms with van der Waals surface area (Å²) >= 11 is 1.16. The molecule has 2 aromatic carbocycles. The number of fused-ring (bicyclic) bond motifs is 1. The van der Waals surface area contributed by atoms with E-state index >= 15 is 0 Å². The maximum Gasteiger partial charge on any atom is 0.393 e. The zero-order chi connectivity index (χ0) is 33.0. The van der Waals surface area contributed by atoms with E-state index in [9.17, 15) is 26.7 Å². The Morgan fingerprint density at radius 2 is 1.72 bits per heavy atom. The summed E-state index contributed by atoms with van der Waals surface area (Å²) in [6.45, 7) is 2.05. The third kappa shape index (κ3) is 8.21. The number of thiophene rings is 1. The standard InChI is InChI=1S/C33H38F5N5O2S/c1-42-14-11-25(23(34)18-42)40-28-7-4-6-21-22(17-33(36,37)38)30(46-31(21)28)8-5-13-39-27-10-9-20(16-29(27)45-3)32(44)41-26-12-15-43(2)19-24(26)35/h4,6-7,9-10,16,23-26,39-40H,11-15,17-19H2,1-3H3,(H,41,44). The molecule has 0 spiro atoms. The SMILES string of the molecule is COc1cc(C(=O)NC2CCN(C)CC2F)ccc1NCC#Cc1sc2c(NC3CCN(C)CC3F)cccc2c1CC(F)(F)F. The van der Waals surface area contributed by atoms with Crippen molar-refractivity contribution >= 4 is 38.7 Å². The second-order valence-electron chi connectivity index (χ2n) is 11.9. The number of amides is 1. The average Bonchev–Trinajstić information content (AvgIpc) is 3.34. The monoisotopic (exact) mass is 663 g/mol. The molecule has 2 aliphatic rings. The van der Waals surface area contributed by atoms with Crippen LogP contribution in [0.2, 0.25) is 0 Å². The topological polar surface area (TPSA) is 68.9 Å². The Balaban J connectivity index is 1.31. The smallest absolute Gasteiger partial charge is 0.393 e. The summed E-state index contributed by atoms with van der Waals surface area (Å²) in [6.07, 6.45) is -6.74. The first-order valence-corrected chi connectivity index (χ1v) is 16.0. The van der Waals surface area contributed by atoms with Crippen LogP contribution in [0.15, 0.2) is 36.4 Å². The molecule has 1 aromatic heterocycles. The van der Waals surface area contributed by atoms with E-state index in [0.29, 0.717) is 63.6 Å². The molecule has 1 amide bonds. The Bertz CT molecular complexity index is 1600. The van der Waals surface area contributed by atoms with E-state index < -0.39 is 42.9 Å². The van der Waals surface area contributed by atoms with Crippen LogP contribution in [-0.2, 0) is 6.42 Å². The van der Waals surface area contributed by atoms with Gasteiger partial charge in [-0.2, -0.15) is 13.2 Å². The molecule has 5 rings (SSSR count). The van der Waals surface area contributed by atoms with Crippen molar-refractivity contribution in [2.24, 2.45) is 0 Å². The van der Waals surface area contributed by atoms with E-state index in [-0.39, 0.29) is 18.7 Å². The predicted octanol–water partition coefficient (Wildman–Crippen LogP) is 5.70. The van der Waals surface area contributed by atoms with Gasteiger partial charge in [0.1, 0.15) is 18.1 Å². The number of rotatable bonds is 8. The van der Waals surface area contributed by atoms with Crippen molar-refractivity contribution in [3.63, 3.8) is 0 Å². The number of hydrogen-bond acceptors (Lipinski definition) is 7. The summed E-state index contributed by atoms with van der Waals surface area (Å²) in [7, 11) is 5.14. The number of carbonyl (C=O) groups excluding carboxylic acids is 1. The fraction of sp³-hybridized carbons (Fsp3) is 0.485. The highest BCUT2D eigenvalue weighted by Crippen LogP contribution is 2.39. The van der Waals surface area contributed by atoms with Crippen LogP contribution in [0, 0.1) is 11.8 Å². The van der Waals surface area contributed by atoms with Crippen LogP contribution in [-0.4, -0.2) is 100 Å². The molecule has 0 bridgehead atoms. The summed E-state index contributed by atoms with van der Waals surface area (Å²) in [4.78, 5) is 16.9. The number of hydrogen-bond donors (Lipinski definition) is 3. The second kappa shape index (κ2) is 14.4. The fourth-order valence-electron chi connectivity index (χ4n) is 5.89. The van der Waals surface area contributed by atoms with Crippen molar-refractivity contribution in [2.45, 2.75) is 49.9 Å². The van der Waals surface area contributed by atoms with E-state index in [2.05, 4.69) is 27.8 Å². The van der Waals surface area contributed by atoms with Crippen LogP contribution in [0.5, 0.6) is 5.75 Å². The Morgan fingerprint density at radius 3 is 2.37 bits per heavy atom. The molecule has 3 heterocycles. The van der Waals surface area contributed by atoms with Gasteiger partial charge in [0.2, 0.25) is 0 Å². The van der Waals surface area contributed by atoms with Crippen molar-refractivity contribution in [3.8, 4) is 17.6 Å². The molecule has 7 nitrogen and oxygen atoms in total. The molecule has 4 atom stereocenters. The summed E-state index contributed by atoms with van der Waals surface area (Å²) in [5, 5.41) is 9.55. The molecular formula is C33H38F5N5O2S. The number of alkyl halides is 5. The van der Waals surface area contributed by atoms with Crippen molar-refractivity contribution < 1.29 is 31.5 Å². The first-order chi connectivity index (χ1) is 21.9. The highest BCUT2D eigenvalue weighted by Gasteiger charge is 2.32. The predicted molar refractivity (Wildman–Crippen MR) is 173 cm³/mol. The number of nitrogens with zero attached hydrogens (tertiary/aromatic N) is 2. The second-order valence-corrected chi connectivity index (χ2v) is 12.9. The maximum atomic E-state index is 14.8. The number of halogens is 5. The van der Waals surface area contributed by atoms with Crippen molar-refractivity contribution in [1.29, 1.82) is 0 Å². The van der Waals surface area contributed by atoms with Crippen LogP contribution in [0.25, 0.3) is 10.1 Å². The van der Waals surface area contributed by atoms with Crippen molar-refractivity contribution in [1.82, 2.24) is 15.1 Å². The van der Waals surface area contributed by atoms with Crippen LogP contribution < -0.4 is 20.7 Å². The zero-order valence-electron chi connectivity index (χ0n) is 25.9. The van der Waals surface area contributed by atoms with Crippen LogP contribution in [0.4, 0.5) is 33.3 Å². The Hall–Kier alpha value is -3.60. The number of methoxy groups -OCH3 is 1. The van der Waals surface area contributed by atoms with Gasteiger partial charge in [-0.1, -0.05) is 24.0 Å². The largest absolute Gasteiger partial charge is 0.495 e. The third-order valence-electron chi connectivity index (χ3n) is 8.37. The average molecular weight is 664 g/mol. The molecule has 3 aromatic rings. The summed E-state index contributed by atoms with van der Waals surface area (Å²) in [5.41, 5.74) is 1.54. The summed E-state index contributed by atoms with van der Waals surface area (Å²) < 4.78 is 76.2. The van der Waals surface area contributed by atoms with Gasteiger partial charge in [0.15, 0.2) is 0 Å². The minimum atomic E-state index is -4.44. The quantitative estimate of drug-likeness (QED) is 0.212. The molecular weight excluding hydrogens is 625 g/mol. The third-order valence-corrected chi connectivity index (χ3v) is 9.57. The van der Waals surface area contributed by atoms with Gasteiger partial charge in [-0.15, -0.1) is 11.3 Å². The van der Waals surface area contributed by atoms with Gasteiger partial charge in [-0.05, 0) is 62.2 Å². The molecule has 2 fully saturated rings. The van der Waals surface area contributed by atoms with E-state index in [1.807, 2.05) is 23.9 Å². The molecule has 2 saturated heterocycles. The van der Waals surface area contributed by atoms with E-state index in [1.54, 1.807) is 36.4 Å². The van der Waals surface area contributed by atoms with Gasteiger partial charge in [0.25, 0.3) is 5.91 Å². The minimum Gasteiger partial charge on any atom is -0.495 e. The Labute approximate surface area is 269 Å². The van der Waals surface area contributed by atoms with Crippen LogP contribution >= 0.6 is 11.3 Å². The van der Waals surface area contributed by atoms with Gasteiger partial charge in [-0.25, -0.2) is 8.78 Å². The molecule has 46 heavy (non-hydrogen) atoms. The van der Waals surface area contributed by atoms with E-state index in [1.165, 1.54) is 7.11 Å². The van der Waals surface area contributed by atoms with E-state index in [0.717, 1.165) is 17.9 Å². The lowest BCUT2D eigenvalue weighted by atomic mass is 10.0. The van der Waals surface area contributed by atoms with Crippen LogP contribution in [0.3, 0.4) is 0 Å². The number of benzene rings is 2. The van der Waals surface area contributed by atoms with Gasteiger partial charge in [-0.3, -0.25) is 4.79 Å². The molecule has 0 aliphatic carbocycles.